The van der Waals surface area contributed by atoms with Gasteiger partial charge in [-0.05, 0) is 68.4 Å². The highest BCUT2D eigenvalue weighted by atomic mass is 35.5. The SMILES string of the molecule is Nc1nc(COC(=O)C2CCN(C(=O)c3ccc(Cl)cc3)CC2)nc2sc3c(c12)CCCC3. The van der Waals surface area contributed by atoms with Crippen LogP contribution in [0.5, 0.6) is 0 Å². The first-order chi connectivity index (χ1) is 16.0. The Morgan fingerprint density at radius 2 is 1.85 bits per heavy atom. The van der Waals surface area contributed by atoms with Crippen molar-refractivity contribution in [1.82, 2.24) is 14.9 Å². The number of nitrogens with two attached hydrogens (primary N) is 1. The van der Waals surface area contributed by atoms with Crippen LogP contribution in [0.15, 0.2) is 24.3 Å². The van der Waals surface area contributed by atoms with Gasteiger partial charge >= 0.3 is 5.97 Å². The molecule has 33 heavy (non-hydrogen) atoms. The molecule has 2 N–H and O–H groups in total. The number of anilines is 1. The molecular formula is C24H25ClN4O3S. The van der Waals surface area contributed by atoms with E-state index in [0.29, 0.717) is 48.2 Å². The number of esters is 1. The molecule has 2 aromatic heterocycles. The summed E-state index contributed by atoms with van der Waals surface area (Å²) in [6.07, 6.45) is 5.59. The molecule has 2 aliphatic rings. The monoisotopic (exact) mass is 484 g/mol. The summed E-state index contributed by atoms with van der Waals surface area (Å²) in [5.74, 6) is 0.340. The van der Waals surface area contributed by atoms with Gasteiger partial charge < -0.3 is 15.4 Å². The number of rotatable bonds is 4. The van der Waals surface area contributed by atoms with Crippen molar-refractivity contribution in [3.05, 3.63) is 51.1 Å². The lowest BCUT2D eigenvalue weighted by Crippen LogP contribution is -2.40. The average molecular weight is 485 g/mol. The Morgan fingerprint density at radius 3 is 2.61 bits per heavy atom. The van der Waals surface area contributed by atoms with E-state index in [1.54, 1.807) is 40.5 Å². The summed E-state index contributed by atoms with van der Waals surface area (Å²) >= 11 is 7.58. The van der Waals surface area contributed by atoms with Crippen LogP contribution in [0.25, 0.3) is 10.2 Å². The molecular weight excluding hydrogens is 460 g/mol. The van der Waals surface area contributed by atoms with Gasteiger partial charge in [0.15, 0.2) is 12.4 Å². The highest BCUT2D eigenvalue weighted by Crippen LogP contribution is 2.37. The van der Waals surface area contributed by atoms with E-state index in [4.69, 9.17) is 22.1 Å². The summed E-state index contributed by atoms with van der Waals surface area (Å²) in [5, 5.41) is 1.57. The zero-order chi connectivity index (χ0) is 22.9. The second kappa shape index (κ2) is 9.27. The second-order valence-corrected chi connectivity index (χ2v) is 10.1. The minimum absolute atomic E-state index is 0.00542. The Labute approximate surface area is 200 Å². The zero-order valence-corrected chi connectivity index (χ0v) is 19.8. The number of hydrogen-bond donors (Lipinski definition) is 1. The first-order valence-electron chi connectivity index (χ1n) is 11.3. The summed E-state index contributed by atoms with van der Waals surface area (Å²) in [6, 6.07) is 6.85. The van der Waals surface area contributed by atoms with Gasteiger partial charge in [-0.1, -0.05) is 11.6 Å². The van der Waals surface area contributed by atoms with E-state index < -0.39 is 0 Å². The van der Waals surface area contributed by atoms with Crippen molar-refractivity contribution in [1.29, 1.82) is 0 Å². The normalized spacial score (nSPS) is 16.6. The Morgan fingerprint density at radius 1 is 1.12 bits per heavy atom. The number of piperidine rings is 1. The fourth-order valence-corrected chi connectivity index (χ4v) is 6.06. The van der Waals surface area contributed by atoms with Crippen LogP contribution in [0.3, 0.4) is 0 Å². The van der Waals surface area contributed by atoms with E-state index in [2.05, 4.69) is 9.97 Å². The van der Waals surface area contributed by atoms with Crippen molar-refractivity contribution in [2.45, 2.75) is 45.1 Å². The van der Waals surface area contributed by atoms with Gasteiger partial charge in [0.05, 0.1) is 11.3 Å². The molecule has 1 saturated heterocycles. The second-order valence-electron chi connectivity index (χ2n) is 8.60. The van der Waals surface area contributed by atoms with Gasteiger partial charge in [-0.2, -0.15) is 0 Å². The fourth-order valence-electron chi connectivity index (χ4n) is 4.64. The van der Waals surface area contributed by atoms with E-state index in [-0.39, 0.29) is 24.4 Å². The number of hydrogen-bond acceptors (Lipinski definition) is 7. The number of thiophene rings is 1. The summed E-state index contributed by atoms with van der Waals surface area (Å²) in [7, 11) is 0. The molecule has 172 valence electrons. The molecule has 5 rings (SSSR count). The number of fused-ring (bicyclic) bond motifs is 3. The van der Waals surface area contributed by atoms with Crippen LogP contribution in [-0.4, -0.2) is 39.8 Å². The largest absolute Gasteiger partial charge is 0.457 e. The zero-order valence-electron chi connectivity index (χ0n) is 18.2. The lowest BCUT2D eigenvalue weighted by Gasteiger charge is -2.31. The average Bonchev–Trinajstić information content (AvgIpc) is 3.21. The van der Waals surface area contributed by atoms with Crippen LogP contribution in [0.4, 0.5) is 5.82 Å². The molecule has 0 bridgehead atoms. The number of carbonyl (C=O) groups is 2. The smallest absolute Gasteiger partial charge is 0.309 e. The Balaban J connectivity index is 1.18. The van der Waals surface area contributed by atoms with Crippen molar-refractivity contribution >= 4 is 50.8 Å². The molecule has 3 heterocycles. The van der Waals surface area contributed by atoms with Crippen LogP contribution in [0.1, 0.15) is 52.3 Å². The number of carbonyl (C=O) groups excluding carboxylic acids is 2. The molecule has 0 spiro atoms. The third-order valence-electron chi connectivity index (χ3n) is 6.44. The van der Waals surface area contributed by atoms with Crippen molar-refractivity contribution < 1.29 is 14.3 Å². The van der Waals surface area contributed by atoms with Crippen molar-refractivity contribution in [2.75, 3.05) is 18.8 Å². The number of aromatic nitrogens is 2. The number of aryl methyl sites for hydroxylation is 2. The van der Waals surface area contributed by atoms with Crippen LogP contribution in [0, 0.1) is 5.92 Å². The van der Waals surface area contributed by atoms with Gasteiger partial charge in [-0.25, -0.2) is 9.97 Å². The number of benzene rings is 1. The quantitative estimate of drug-likeness (QED) is 0.551. The predicted molar refractivity (Wildman–Crippen MR) is 128 cm³/mol. The molecule has 0 atom stereocenters. The number of halogens is 1. The lowest BCUT2D eigenvalue weighted by atomic mass is 9.96. The molecule has 0 radical (unpaired) electrons. The van der Waals surface area contributed by atoms with Crippen molar-refractivity contribution in [3.8, 4) is 0 Å². The summed E-state index contributed by atoms with van der Waals surface area (Å²) in [6.45, 7) is 1.03. The van der Waals surface area contributed by atoms with Gasteiger partial charge in [0.1, 0.15) is 10.6 Å². The highest BCUT2D eigenvalue weighted by Gasteiger charge is 2.29. The maximum absolute atomic E-state index is 12.6. The number of amides is 1. The van der Waals surface area contributed by atoms with Gasteiger partial charge in [0.25, 0.3) is 5.91 Å². The summed E-state index contributed by atoms with van der Waals surface area (Å²) in [4.78, 5) is 38.3. The molecule has 1 aliphatic carbocycles. The van der Waals surface area contributed by atoms with E-state index in [9.17, 15) is 9.59 Å². The summed E-state index contributed by atoms with van der Waals surface area (Å²) in [5.41, 5.74) is 8.14. The van der Waals surface area contributed by atoms with E-state index in [1.807, 2.05) is 0 Å². The number of nitrogen functional groups attached to an aromatic ring is 1. The van der Waals surface area contributed by atoms with Crippen LogP contribution in [0.2, 0.25) is 5.02 Å². The maximum Gasteiger partial charge on any atom is 0.309 e. The van der Waals surface area contributed by atoms with Crippen LogP contribution in [-0.2, 0) is 29.0 Å². The van der Waals surface area contributed by atoms with E-state index in [1.165, 1.54) is 23.3 Å². The van der Waals surface area contributed by atoms with Gasteiger partial charge in [-0.15, -0.1) is 11.3 Å². The van der Waals surface area contributed by atoms with Crippen LogP contribution < -0.4 is 5.73 Å². The Kier molecular flexibility index (Phi) is 6.21. The fraction of sp³-hybridized carbons (Fsp3) is 0.417. The lowest BCUT2D eigenvalue weighted by molar-refractivity contribution is -0.151. The first kappa shape index (κ1) is 22.1. The predicted octanol–water partition coefficient (Wildman–Crippen LogP) is 4.40. The minimum Gasteiger partial charge on any atom is -0.457 e. The molecule has 0 unspecified atom stereocenters. The number of likely N-dealkylation sites (tertiary alicyclic amines) is 1. The third kappa shape index (κ3) is 4.54. The van der Waals surface area contributed by atoms with Crippen molar-refractivity contribution in [3.63, 3.8) is 0 Å². The first-order valence-corrected chi connectivity index (χ1v) is 12.5. The van der Waals surface area contributed by atoms with Gasteiger partial charge in [-0.3, -0.25) is 9.59 Å². The van der Waals surface area contributed by atoms with E-state index >= 15 is 0 Å². The minimum atomic E-state index is -0.277. The van der Waals surface area contributed by atoms with Crippen LogP contribution >= 0.6 is 22.9 Å². The van der Waals surface area contributed by atoms with Crippen molar-refractivity contribution in [2.24, 2.45) is 5.92 Å². The highest BCUT2D eigenvalue weighted by molar-refractivity contribution is 7.19. The molecule has 1 amide bonds. The maximum atomic E-state index is 12.6. The van der Waals surface area contributed by atoms with E-state index in [0.717, 1.165) is 23.1 Å². The standard InChI is InChI=1S/C24H25ClN4O3S/c25-16-7-5-14(6-8-16)23(30)29-11-9-15(10-12-29)24(31)32-13-19-27-21(26)20-17-3-1-2-4-18(17)33-22(20)28-19/h5-8,15H,1-4,9-13H2,(H2,26,27,28). The molecule has 1 aromatic carbocycles. The molecule has 1 aliphatic heterocycles. The molecule has 9 heteroatoms. The molecule has 0 saturated carbocycles. The number of ether oxygens (including phenoxy) is 1. The number of nitrogens with zero attached hydrogens (tertiary/aromatic N) is 3. The Bertz CT molecular complexity index is 1200. The summed E-state index contributed by atoms with van der Waals surface area (Å²) < 4.78 is 5.53. The van der Waals surface area contributed by atoms with Gasteiger partial charge in [0, 0.05) is 28.6 Å². The molecule has 1 fully saturated rings. The topological polar surface area (TPSA) is 98.4 Å². The molecule has 3 aromatic rings. The Hall–Kier alpha value is -2.71. The third-order valence-corrected chi connectivity index (χ3v) is 7.88. The van der Waals surface area contributed by atoms with Gasteiger partial charge in [0.2, 0.25) is 0 Å². The molecule has 7 nitrogen and oxygen atoms in total.